The molecule has 0 fully saturated rings. The van der Waals surface area contributed by atoms with Gasteiger partial charge in [-0.25, -0.2) is 4.79 Å². The normalized spacial score (nSPS) is 10.9. The molecule has 1 N–H and O–H groups in total. The van der Waals surface area contributed by atoms with E-state index in [1.807, 2.05) is 19.9 Å². The Morgan fingerprint density at radius 1 is 1.44 bits per heavy atom. The topological polar surface area (TPSA) is 72.4 Å². The molecule has 2 rings (SSSR count). The van der Waals surface area contributed by atoms with Crippen molar-refractivity contribution in [2.45, 2.75) is 20.4 Å². The number of rotatable bonds is 2. The van der Waals surface area contributed by atoms with E-state index in [9.17, 15) is 9.59 Å². The van der Waals surface area contributed by atoms with Gasteiger partial charge in [-0.2, -0.15) is 0 Å². The number of fused-ring (bicyclic) bond motifs is 1. The molecule has 0 unspecified atom stereocenters. The van der Waals surface area contributed by atoms with Crippen molar-refractivity contribution in [2.24, 2.45) is 0 Å². The Labute approximate surface area is 90.9 Å². The second-order valence-electron chi connectivity index (χ2n) is 3.78. The highest BCUT2D eigenvalue weighted by atomic mass is 16.4. The average molecular weight is 221 g/mol. The van der Waals surface area contributed by atoms with Crippen LogP contribution in [0.25, 0.3) is 11.1 Å². The lowest BCUT2D eigenvalue weighted by Crippen LogP contribution is -2.19. The smallest absolute Gasteiger partial charge is 0.420 e. The Kier molecular flexibility index (Phi) is 2.30. The van der Waals surface area contributed by atoms with Crippen LogP contribution in [0.15, 0.2) is 21.3 Å². The van der Waals surface area contributed by atoms with E-state index in [0.717, 1.165) is 15.7 Å². The Hall–Kier alpha value is -2.04. The first-order chi connectivity index (χ1) is 7.49. The molecular weight excluding hydrogens is 210 g/mol. The molecule has 1 aromatic carbocycles. The number of benzene rings is 1. The second-order valence-corrected chi connectivity index (χ2v) is 3.78. The van der Waals surface area contributed by atoms with Gasteiger partial charge in [0.05, 0.1) is 5.52 Å². The van der Waals surface area contributed by atoms with Gasteiger partial charge in [-0.3, -0.25) is 9.36 Å². The number of aromatic nitrogens is 1. The summed E-state index contributed by atoms with van der Waals surface area (Å²) in [6.07, 6.45) is 0. The molecule has 0 saturated carbocycles. The molecule has 0 atom stereocenters. The van der Waals surface area contributed by atoms with Crippen molar-refractivity contribution in [3.8, 4) is 0 Å². The van der Waals surface area contributed by atoms with Crippen molar-refractivity contribution in [3.05, 3.63) is 33.8 Å². The molecule has 0 spiro atoms. The molecule has 5 heteroatoms. The third-order valence-electron chi connectivity index (χ3n) is 2.39. The number of carbonyl (C=O) groups is 1. The molecule has 0 radical (unpaired) electrons. The predicted octanol–water partition coefficient (Wildman–Crippen LogP) is 1.30. The van der Waals surface area contributed by atoms with E-state index in [2.05, 4.69) is 0 Å². The third kappa shape index (κ3) is 1.60. The number of carboxylic acids is 1. The van der Waals surface area contributed by atoms with E-state index < -0.39 is 11.7 Å². The summed E-state index contributed by atoms with van der Waals surface area (Å²) < 4.78 is 6.15. The van der Waals surface area contributed by atoms with Gasteiger partial charge in [-0.1, -0.05) is 6.07 Å². The van der Waals surface area contributed by atoms with Crippen LogP contribution in [0.4, 0.5) is 0 Å². The van der Waals surface area contributed by atoms with Crippen LogP contribution in [0.1, 0.15) is 11.1 Å². The van der Waals surface area contributed by atoms with E-state index in [-0.39, 0.29) is 6.54 Å². The summed E-state index contributed by atoms with van der Waals surface area (Å²) in [7, 11) is 0. The number of oxazole rings is 1. The van der Waals surface area contributed by atoms with Gasteiger partial charge in [0.2, 0.25) is 0 Å². The van der Waals surface area contributed by atoms with Crippen molar-refractivity contribution in [3.63, 3.8) is 0 Å². The fourth-order valence-corrected chi connectivity index (χ4v) is 1.79. The molecule has 0 aliphatic rings. The number of aryl methyl sites for hydroxylation is 2. The van der Waals surface area contributed by atoms with Crippen LogP contribution >= 0.6 is 0 Å². The maximum absolute atomic E-state index is 11.5. The summed E-state index contributed by atoms with van der Waals surface area (Å²) in [5.74, 6) is -1.70. The minimum Gasteiger partial charge on any atom is -0.480 e. The first-order valence-electron chi connectivity index (χ1n) is 4.81. The molecular formula is C11H11NO4. The van der Waals surface area contributed by atoms with Gasteiger partial charge in [0, 0.05) is 0 Å². The molecule has 16 heavy (non-hydrogen) atoms. The van der Waals surface area contributed by atoms with Gasteiger partial charge in [0.25, 0.3) is 0 Å². The summed E-state index contributed by atoms with van der Waals surface area (Å²) in [5, 5.41) is 8.71. The van der Waals surface area contributed by atoms with Crippen molar-refractivity contribution in [1.82, 2.24) is 4.57 Å². The van der Waals surface area contributed by atoms with Crippen molar-refractivity contribution in [2.75, 3.05) is 0 Å². The summed E-state index contributed by atoms with van der Waals surface area (Å²) >= 11 is 0. The highest BCUT2D eigenvalue weighted by molar-refractivity contribution is 5.79. The molecule has 84 valence electrons. The van der Waals surface area contributed by atoms with Crippen molar-refractivity contribution < 1.29 is 14.3 Å². The molecule has 5 nitrogen and oxygen atoms in total. The number of carboxylic acid groups (broad SMARTS) is 1. The third-order valence-corrected chi connectivity index (χ3v) is 2.39. The van der Waals surface area contributed by atoms with Crippen LogP contribution in [0.5, 0.6) is 0 Å². The fraction of sp³-hybridized carbons (Fsp3) is 0.273. The van der Waals surface area contributed by atoms with Crippen molar-refractivity contribution in [1.29, 1.82) is 0 Å². The molecule has 0 aliphatic carbocycles. The zero-order valence-electron chi connectivity index (χ0n) is 8.98. The van der Waals surface area contributed by atoms with E-state index >= 15 is 0 Å². The van der Waals surface area contributed by atoms with Crippen LogP contribution < -0.4 is 5.76 Å². The molecule has 2 aromatic rings. The zero-order valence-corrected chi connectivity index (χ0v) is 8.98. The quantitative estimate of drug-likeness (QED) is 0.829. The van der Waals surface area contributed by atoms with E-state index in [1.165, 1.54) is 0 Å². The Morgan fingerprint density at radius 2 is 2.12 bits per heavy atom. The fourth-order valence-electron chi connectivity index (χ4n) is 1.79. The standard InChI is InChI=1S/C11H11NO4/c1-6-3-7(2)10-8(4-6)12(5-9(13)14)11(15)16-10/h3-4H,5H2,1-2H3,(H,13,14). The van der Waals surface area contributed by atoms with Gasteiger partial charge in [-0.15, -0.1) is 0 Å². The molecule has 0 aliphatic heterocycles. The molecule has 0 bridgehead atoms. The van der Waals surface area contributed by atoms with Gasteiger partial charge >= 0.3 is 11.7 Å². The van der Waals surface area contributed by atoms with Crippen molar-refractivity contribution >= 4 is 17.1 Å². The SMILES string of the molecule is Cc1cc(C)c2oc(=O)n(CC(=O)O)c2c1. The maximum atomic E-state index is 11.5. The van der Waals surface area contributed by atoms with E-state index in [4.69, 9.17) is 9.52 Å². The first-order valence-corrected chi connectivity index (χ1v) is 4.81. The van der Waals surface area contributed by atoms with Gasteiger partial charge in [-0.05, 0) is 31.0 Å². The Bertz CT molecular complexity index is 621. The van der Waals surface area contributed by atoms with Gasteiger partial charge < -0.3 is 9.52 Å². The van der Waals surface area contributed by atoms with Crippen LogP contribution in [0.2, 0.25) is 0 Å². The van der Waals surface area contributed by atoms with Gasteiger partial charge in [0.1, 0.15) is 6.54 Å². The molecule has 0 saturated heterocycles. The van der Waals surface area contributed by atoms with Crippen LogP contribution in [0, 0.1) is 13.8 Å². The molecule has 0 amide bonds. The lowest BCUT2D eigenvalue weighted by atomic mass is 10.1. The zero-order chi connectivity index (χ0) is 11.9. The second kappa shape index (κ2) is 3.52. The van der Waals surface area contributed by atoms with Gasteiger partial charge in [0.15, 0.2) is 5.58 Å². The van der Waals surface area contributed by atoms with E-state index in [0.29, 0.717) is 11.1 Å². The lowest BCUT2D eigenvalue weighted by molar-refractivity contribution is -0.137. The average Bonchev–Trinajstić information content (AvgIpc) is 2.45. The number of hydrogen-bond acceptors (Lipinski definition) is 3. The highest BCUT2D eigenvalue weighted by Crippen LogP contribution is 2.19. The van der Waals surface area contributed by atoms with E-state index in [1.54, 1.807) is 6.07 Å². The monoisotopic (exact) mass is 221 g/mol. The van der Waals surface area contributed by atoms with Crippen LogP contribution in [-0.2, 0) is 11.3 Å². The predicted molar refractivity (Wildman–Crippen MR) is 57.6 cm³/mol. The minimum absolute atomic E-state index is 0.380. The summed E-state index contributed by atoms with van der Waals surface area (Å²) in [6.45, 7) is 3.33. The Balaban J connectivity index is 2.78. The largest absolute Gasteiger partial charge is 0.480 e. The molecule has 1 heterocycles. The number of nitrogens with zero attached hydrogens (tertiary/aromatic N) is 1. The number of hydrogen-bond donors (Lipinski definition) is 1. The highest BCUT2D eigenvalue weighted by Gasteiger charge is 2.13. The number of aliphatic carboxylic acids is 1. The first kappa shape index (κ1) is 10.5. The lowest BCUT2D eigenvalue weighted by Gasteiger charge is -2.00. The Morgan fingerprint density at radius 3 is 2.75 bits per heavy atom. The molecule has 1 aromatic heterocycles. The summed E-state index contributed by atoms with van der Waals surface area (Å²) in [6, 6.07) is 3.63. The minimum atomic E-state index is -1.07. The summed E-state index contributed by atoms with van der Waals surface area (Å²) in [5.41, 5.74) is 2.78. The van der Waals surface area contributed by atoms with Crippen LogP contribution in [-0.4, -0.2) is 15.6 Å². The summed E-state index contributed by atoms with van der Waals surface area (Å²) in [4.78, 5) is 22.1. The maximum Gasteiger partial charge on any atom is 0.420 e. The van der Waals surface area contributed by atoms with Crippen LogP contribution in [0.3, 0.4) is 0 Å².